The topological polar surface area (TPSA) is 54.5 Å². The summed E-state index contributed by atoms with van der Waals surface area (Å²) in [6.07, 6.45) is -5.09. The van der Waals surface area contributed by atoms with E-state index in [0.29, 0.717) is 23.1 Å². The standard InChI is InChI=1S/C12H10F5NO3S/c13-9-2-1-8(12(14,15)16)4-10(9)18-5-7(3-11(18)19)6-22(17,20)21/h1-2,4,7H,3,5-6H2. The van der Waals surface area contributed by atoms with Crippen LogP contribution in [0.2, 0.25) is 0 Å². The van der Waals surface area contributed by atoms with E-state index in [1.165, 1.54) is 0 Å². The van der Waals surface area contributed by atoms with Gasteiger partial charge in [-0.2, -0.15) is 21.6 Å². The maximum Gasteiger partial charge on any atom is 0.416 e. The molecule has 1 aromatic carbocycles. The van der Waals surface area contributed by atoms with Crippen LogP contribution in [0.25, 0.3) is 0 Å². The van der Waals surface area contributed by atoms with E-state index in [9.17, 15) is 34.7 Å². The highest BCUT2D eigenvalue weighted by atomic mass is 32.3. The van der Waals surface area contributed by atoms with E-state index >= 15 is 0 Å². The van der Waals surface area contributed by atoms with Gasteiger partial charge in [0.25, 0.3) is 0 Å². The van der Waals surface area contributed by atoms with Gasteiger partial charge in [-0.25, -0.2) is 4.39 Å². The molecule has 1 aliphatic heterocycles. The molecule has 1 aromatic rings. The Morgan fingerprint density at radius 3 is 2.45 bits per heavy atom. The molecular formula is C12H10F5NO3S. The van der Waals surface area contributed by atoms with E-state index in [0.717, 1.165) is 0 Å². The van der Waals surface area contributed by atoms with Gasteiger partial charge in [0.1, 0.15) is 5.82 Å². The molecule has 0 spiro atoms. The van der Waals surface area contributed by atoms with Gasteiger partial charge in [0.2, 0.25) is 5.91 Å². The number of rotatable bonds is 3. The van der Waals surface area contributed by atoms with Gasteiger partial charge in [0.05, 0.1) is 17.0 Å². The van der Waals surface area contributed by atoms with Crippen molar-refractivity contribution in [2.45, 2.75) is 12.6 Å². The quantitative estimate of drug-likeness (QED) is 0.626. The number of nitrogens with zero attached hydrogens (tertiary/aromatic N) is 1. The Kier molecular flexibility index (Phi) is 4.16. The van der Waals surface area contributed by atoms with Crippen LogP contribution in [-0.4, -0.2) is 26.6 Å². The highest BCUT2D eigenvalue weighted by molar-refractivity contribution is 7.86. The van der Waals surface area contributed by atoms with Crippen LogP contribution >= 0.6 is 0 Å². The van der Waals surface area contributed by atoms with Crippen molar-refractivity contribution in [2.24, 2.45) is 5.92 Å². The SMILES string of the molecule is O=C1CC(CS(=O)(=O)F)CN1c1cc(C(F)(F)F)ccc1F. The fourth-order valence-corrected chi connectivity index (χ4v) is 3.09. The lowest BCUT2D eigenvalue weighted by atomic mass is 10.1. The minimum Gasteiger partial charge on any atom is -0.309 e. The zero-order valence-electron chi connectivity index (χ0n) is 10.9. The summed E-state index contributed by atoms with van der Waals surface area (Å²) in [5.41, 5.74) is -1.74. The van der Waals surface area contributed by atoms with Crippen molar-refractivity contribution in [3.63, 3.8) is 0 Å². The first-order valence-electron chi connectivity index (χ1n) is 6.07. The van der Waals surface area contributed by atoms with Crippen LogP contribution in [0.5, 0.6) is 0 Å². The maximum atomic E-state index is 13.7. The van der Waals surface area contributed by atoms with E-state index in [-0.39, 0.29) is 13.0 Å². The second-order valence-electron chi connectivity index (χ2n) is 4.94. The Morgan fingerprint density at radius 1 is 1.27 bits per heavy atom. The molecule has 1 unspecified atom stereocenters. The van der Waals surface area contributed by atoms with E-state index in [2.05, 4.69) is 0 Å². The third-order valence-corrected chi connectivity index (χ3v) is 4.07. The summed E-state index contributed by atoms with van der Waals surface area (Å²) < 4.78 is 85.3. The molecule has 0 saturated carbocycles. The van der Waals surface area contributed by atoms with Crippen molar-refractivity contribution >= 4 is 21.8 Å². The summed E-state index contributed by atoms with van der Waals surface area (Å²) in [6, 6.07) is 1.58. The first-order chi connectivity index (χ1) is 9.97. The lowest BCUT2D eigenvalue weighted by molar-refractivity contribution is -0.137. The maximum absolute atomic E-state index is 13.7. The molecule has 0 bridgehead atoms. The van der Waals surface area contributed by atoms with Crippen molar-refractivity contribution in [1.82, 2.24) is 0 Å². The number of amides is 1. The van der Waals surface area contributed by atoms with Crippen LogP contribution in [0.1, 0.15) is 12.0 Å². The number of carbonyl (C=O) groups excluding carboxylic acids is 1. The lowest BCUT2D eigenvalue weighted by Gasteiger charge is -2.19. The third kappa shape index (κ3) is 3.73. The second kappa shape index (κ2) is 5.49. The molecule has 0 radical (unpaired) electrons. The Balaban J connectivity index is 2.30. The number of halogens is 5. The van der Waals surface area contributed by atoms with Crippen molar-refractivity contribution in [2.75, 3.05) is 17.2 Å². The summed E-state index contributed by atoms with van der Waals surface area (Å²) in [5, 5.41) is 0. The summed E-state index contributed by atoms with van der Waals surface area (Å²) in [5.74, 6) is -3.68. The van der Waals surface area contributed by atoms with Gasteiger partial charge in [-0.15, -0.1) is 3.89 Å². The summed E-state index contributed by atoms with van der Waals surface area (Å²) in [4.78, 5) is 12.5. The molecule has 122 valence electrons. The Morgan fingerprint density at radius 2 is 1.91 bits per heavy atom. The van der Waals surface area contributed by atoms with E-state index in [4.69, 9.17) is 0 Å². The molecule has 1 saturated heterocycles. The van der Waals surface area contributed by atoms with Gasteiger partial charge < -0.3 is 4.90 Å². The minimum absolute atomic E-state index is 0.361. The molecule has 4 nitrogen and oxygen atoms in total. The van der Waals surface area contributed by atoms with Crippen LogP contribution in [-0.2, 0) is 21.2 Å². The average Bonchev–Trinajstić information content (AvgIpc) is 2.66. The molecule has 10 heteroatoms. The van der Waals surface area contributed by atoms with E-state index < -0.39 is 51.0 Å². The molecule has 1 atom stereocenters. The van der Waals surface area contributed by atoms with Crippen molar-refractivity contribution < 1.29 is 34.7 Å². The second-order valence-corrected chi connectivity index (χ2v) is 6.35. The number of anilines is 1. The fourth-order valence-electron chi connectivity index (χ4n) is 2.30. The molecule has 1 fully saturated rings. The average molecular weight is 343 g/mol. The molecule has 1 heterocycles. The van der Waals surface area contributed by atoms with Gasteiger partial charge in [0.15, 0.2) is 0 Å². The number of benzene rings is 1. The van der Waals surface area contributed by atoms with Crippen LogP contribution < -0.4 is 4.90 Å². The smallest absolute Gasteiger partial charge is 0.309 e. The molecular weight excluding hydrogens is 333 g/mol. The molecule has 1 amide bonds. The van der Waals surface area contributed by atoms with Crippen molar-refractivity contribution in [3.05, 3.63) is 29.6 Å². The van der Waals surface area contributed by atoms with E-state index in [1.54, 1.807) is 0 Å². The van der Waals surface area contributed by atoms with Gasteiger partial charge in [-0.1, -0.05) is 0 Å². The van der Waals surface area contributed by atoms with Gasteiger partial charge >= 0.3 is 16.4 Å². The lowest BCUT2D eigenvalue weighted by Crippen LogP contribution is -2.26. The van der Waals surface area contributed by atoms with Crippen LogP contribution in [0, 0.1) is 11.7 Å². The van der Waals surface area contributed by atoms with Gasteiger partial charge in [0, 0.05) is 18.9 Å². The summed E-state index contributed by atoms with van der Waals surface area (Å²) in [7, 11) is -4.83. The van der Waals surface area contributed by atoms with Gasteiger partial charge in [-0.05, 0) is 18.2 Å². The Bertz CT molecular complexity index is 701. The summed E-state index contributed by atoms with van der Waals surface area (Å²) in [6.45, 7) is -0.361. The number of alkyl halides is 3. The van der Waals surface area contributed by atoms with E-state index in [1.807, 2.05) is 0 Å². The number of hydrogen-bond acceptors (Lipinski definition) is 3. The largest absolute Gasteiger partial charge is 0.416 e. The van der Waals surface area contributed by atoms with Crippen LogP contribution in [0.3, 0.4) is 0 Å². The number of carbonyl (C=O) groups is 1. The first-order valence-corrected chi connectivity index (χ1v) is 7.62. The normalized spacial score (nSPS) is 19.8. The summed E-state index contributed by atoms with van der Waals surface area (Å²) >= 11 is 0. The molecule has 1 aliphatic rings. The Labute approximate surface area is 122 Å². The van der Waals surface area contributed by atoms with Gasteiger partial charge in [-0.3, -0.25) is 4.79 Å². The third-order valence-electron chi connectivity index (χ3n) is 3.20. The predicted octanol–water partition coefficient (Wildman–Crippen LogP) is 2.50. The monoisotopic (exact) mass is 343 g/mol. The molecule has 0 aromatic heterocycles. The molecule has 0 N–H and O–H groups in total. The highest BCUT2D eigenvalue weighted by Gasteiger charge is 2.37. The molecule has 0 aliphatic carbocycles. The predicted molar refractivity (Wildman–Crippen MR) is 66.8 cm³/mol. The molecule has 22 heavy (non-hydrogen) atoms. The molecule has 2 rings (SSSR count). The van der Waals surface area contributed by atoms with Crippen molar-refractivity contribution in [3.8, 4) is 0 Å². The van der Waals surface area contributed by atoms with Crippen LogP contribution in [0.4, 0.5) is 27.1 Å². The fraction of sp³-hybridized carbons (Fsp3) is 0.417. The highest BCUT2D eigenvalue weighted by Crippen LogP contribution is 2.35. The minimum atomic E-state index is -4.83. The number of hydrogen-bond donors (Lipinski definition) is 0. The first kappa shape index (κ1) is 16.7. The van der Waals surface area contributed by atoms with Crippen molar-refractivity contribution in [1.29, 1.82) is 0 Å². The zero-order chi connectivity index (χ0) is 16.7. The zero-order valence-corrected chi connectivity index (χ0v) is 11.7. The van der Waals surface area contributed by atoms with Crippen LogP contribution in [0.15, 0.2) is 18.2 Å². The Hall–Kier alpha value is -1.71.